The van der Waals surface area contributed by atoms with Gasteiger partial charge in [-0.3, -0.25) is 0 Å². The minimum absolute atomic E-state index is 0.204. The molecule has 0 bridgehead atoms. The Morgan fingerprint density at radius 1 is 1.44 bits per heavy atom. The molecule has 1 aliphatic rings. The third-order valence-corrected chi connectivity index (χ3v) is 2.51. The fourth-order valence-corrected chi connectivity index (χ4v) is 1.82. The summed E-state index contributed by atoms with van der Waals surface area (Å²) in [6, 6.07) is 3.65. The van der Waals surface area contributed by atoms with Gasteiger partial charge in [0.25, 0.3) is 0 Å². The van der Waals surface area contributed by atoms with Gasteiger partial charge in [0.05, 0.1) is 6.61 Å². The summed E-state index contributed by atoms with van der Waals surface area (Å²) in [6.45, 7) is 0.226. The second-order valence-electron chi connectivity index (χ2n) is 3.75. The molecule has 0 saturated heterocycles. The summed E-state index contributed by atoms with van der Waals surface area (Å²) in [6.07, 6.45) is -5.58. The first kappa shape index (κ1) is 12.7. The van der Waals surface area contributed by atoms with Crippen LogP contribution in [0.5, 0.6) is 5.75 Å². The van der Waals surface area contributed by atoms with E-state index in [1.54, 1.807) is 0 Å². The van der Waals surface area contributed by atoms with Gasteiger partial charge in [0.2, 0.25) is 0 Å². The van der Waals surface area contributed by atoms with E-state index in [4.69, 9.17) is 9.84 Å². The van der Waals surface area contributed by atoms with Crippen molar-refractivity contribution in [3.63, 3.8) is 0 Å². The van der Waals surface area contributed by atoms with Gasteiger partial charge >= 0.3 is 12.3 Å². The zero-order valence-electron chi connectivity index (χ0n) is 9.03. The van der Waals surface area contributed by atoms with Crippen molar-refractivity contribution < 1.29 is 32.5 Å². The van der Waals surface area contributed by atoms with Gasteiger partial charge in [-0.2, -0.15) is 0 Å². The van der Waals surface area contributed by atoms with Crippen molar-refractivity contribution in [1.29, 1.82) is 0 Å². The molecule has 0 aliphatic carbocycles. The number of aliphatic carboxylic acids is 1. The van der Waals surface area contributed by atoms with Gasteiger partial charge in [0.15, 0.2) is 6.10 Å². The molecule has 0 saturated carbocycles. The smallest absolute Gasteiger partial charge is 0.479 e. The number of benzene rings is 1. The molecular formula is C11H9F3O4. The lowest BCUT2D eigenvalue weighted by atomic mass is 9.97. The van der Waals surface area contributed by atoms with Crippen LogP contribution < -0.4 is 4.74 Å². The Balaban J connectivity index is 2.34. The minimum Gasteiger partial charge on any atom is -0.479 e. The van der Waals surface area contributed by atoms with E-state index < -0.39 is 24.2 Å². The van der Waals surface area contributed by atoms with E-state index >= 15 is 0 Å². The molecule has 1 aliphatic heterocycles. The molecule has 1 aromatic carbocycles. The Kier molecular flexibility index (Phi) is 3.16. The molecule has 1 aromatic rings. The summed E-state index contributed by atoms with van der Waals surface area (Å²) >= 11 is 0. The summed E-state index contributed by atoms with van der Waals surface area (Å²) in [7, 11) is 0. The molecule has 7 heteroatoms. The Morgan fingerprint density at radius 3 is 2.78 bits per heavy atom. The molecule has 1 atom stereocenters. The van der Waals surface area contributed by atoms with E-state index in [2.05, 4.69) is 4.74 Å². The van der Waals surface area contributed by atoms with E-state index in [1.165, 1.54) is 6.07 Å². The lowest BCUT2D eigenvalue weighted by molar-refractivity contribution is -0.274. The van der Waals surface area contributed by atoms with Crippen molar-refractivity contribution in [1.82, 2.24) is 0 Å². The predicted octanol–water partition coefficient (Wildman–Crippen LogP) is 2.28. The molecule has 4 nitrogen and oxygen atoms in total. The van der Waals surface area contributed by atoms with Crippen molar-refractivity contribution in [3.8, 4) is 5.75 Å². The third-order valence-electron chi connectivity index (χ3n) is 2.51. The van der Waals surface area contributed by atoms with Crippen molar-refractivity contribution in [2.24, 2.45) is 0 Å². The van der Waals surface area contributed by atoms with Crippen LogP contribution in [-0.4, -0.2) is 24.0 Å². The number of ether oxygens (including phenoxy) is 2. The van der Waals surface area contributed by atoms with E-state index in [0.29, 0.717) is 12.0 Å². The molecule has 0 spiro atoms. The van der Waals surface area contributed by atoms with E-state index in [-0.39, 0.29) is 12.2 Å². The molecule has 0 aromatic heterocycles. The SMILES string of the molecule is O=C(O)C1OCCc2ccc(OC(F)(F)F)cc21. The van der Waals surface area contributed by atoms with Gasteiger partial charge in [0.1, 0.15) is 5.75 Å². The summed E-state index contributed by atoms with van der Waals surface area (Å²) in [5.74, 6) is -1.68. The third kappa shape index (κ3) is 2.73. The normalized spacial score (nSPS) is 19.2. The molecule has 1 heterocycles. The first-order valence-electron chi connectivity index (χ1n) is 5.10. The van der Waals surface area contributed by atoms with Gasteiger partial charge in [0, 0.05) is 0 Å². The zero-order valence-corrected chi connectivity index (χ0v) is 9.03. The van der Waals surface area contributed by atoms with Gasteiger partial charge in [-0.25, -0.2) is 4.79 Å². The standard InChI is InChI=1S/C11H9F3O4/c12-11(13,14)18-7-2-1-6-3-4-17-9(10(15)16)8(6)5-7/h1-2,5,9H,3-4H2,(H,15,16). The zero-order chi connectivity index (χ0) is 13.3. The van der Waals surface area contributed by atoms with Crippen LogP contribution in [0.1, 0.15) is 17.2 Å². The average Bonchev–Trinajstić information content (AvgIpc) is 2.25. The highest BCUT2D eigenvalue weighted by molar-refractivity contribution is 5.75. The molecule has 18 heavy (non-hydrogen) atoms. The lowest BCUT2D eigenvalue weighted by Gasteiger charge is -2.23. The van der Waals surface area contributed by atoms with Crippen molar-refractivity contribution in [2.45, 2.75) is 18.9 Å². The molecule has 1 N–H and O–H groups in total. The number of carbonyl (C=O) groups is 1. The minimum atomic E-state index is -4.80. The predicted molar refractivity (Wildman–Crippen MR) is 53.2 cm³/mol. The monoisotopic (exact) mass is 262 g/mol. The number of carboxylic acids is 1. The summed E-state index contributed by atoms with van der Waals surface area (Å²) in [5, 5.41) is 8.92. The number of halogens is 3. The van der Waals surface area contributed by atoms with Crippen molar-refractivity contribution >= 4 is 5.97 Å². The topological polar surface area (TPSA) is 55.8 Å². The van der Waals surface area contributed by atoms with E-state index in [0.717, 1.165) is 12.1 Å². The maximum atomic E-state index is 12.1. The quantitative estimate of drug-likeness (QED) is 0.888. The maximum absolute atomic E-state index is 12.1. The fraction of sp³-hybridized carbons (Fsp3) is 0.364. The number of carboxylic acid groups (broad SMARTS) is 1. The van der Waals surface area contributed by atoms with Crippen molar-refractivity contribution in [2.75, 3.05) is 6.61 Å². The average molecular weight is 262 g/mol. The first-order valence-corrected chi connectivity index (χ1v) is 5.10. The van der Waals surface area contributed by atoms with Gasteiger partial charge in [-0.05, 0) is 29.7 Å². The molecule has 1 unspecified atom stereocenters. The van der Waals surface area contributed by atoms with Crippen LogP contribution in [0.25, 0.3) is 0 Å². The van der Waals surface area contributed by atoms with Gasteiger partial charge < -0.3 is 14.6 Å². The Hall–Kier alpha value is -1.76. The number of hydrogen-bond acceptors (Lipinski definition) is 3. The molecule has 0 amide bonds. The number of alkyl halides is 3. The van der Waals surface area contributed by atoms with Crippen LogP contribution in [0.2, 0.25) is 0 Å². The Labute approximate surface area is 99.9 Å². The van der Waals surface area contributed by atoms with Crippen LogP contribution in [0.3, 0.4) is 0 Å². The van der Waals surface area contributed by atoms with Gasteiger partial charge in [-0.15, -0.1) is 13.2 Å². The number of hydrogen-bond donors (Lipinski definition) is 1. The highest BCUT2D eigenvalue weighted by Gasteiger charge is 2.33. The molecule has 0 radical (unpaired) electrons. The van der Waals surface area contributed by atoms with Gasteiger partial charge in [-0.1, -0.05) is 6.07 Å². The molecular weight excluding hydrogens is 253 g/mol. The summed E-state index contributed by atoms with van der Waals surface area (Å²) in [4.78, 5) is 10.9. The van der Waals surface area contributed by atoms with Crippen molar-refractivity contribution in [3.05, 3.63) is 29.3 Å². The Bertz CT molecular complexity index is 470. The van der Waals surface area contributed by atoms with Crippen LogP contribution in [0.15, 0.2) is 18.2 Å². The van der Waals surface area contributed by atoms with Crippen LogP contribution in [0, 0.1) is 0 Å². The number of fused-ring (bicyclic) bond motifs is 1. The second-order valence-corrected chi connectivity index (χ2v) is 3.75. The first-order chi connectivity index (χ1) is 8.37. The number of rotatable bonds is 2. The highest BCUT2D eigenvalue weighted by atomic mass is 19.4. The van der Waals surface area contributed by atoms with E-state index in [9.17, 15) is 18.0 Å². The second kappa shape index (κ2) is 4.49. The maximum Gasteiger partial charge on any atom is 0.573 e. The lowest BCUT2D eigenvalue weighted by Crippen LogP contribution is -2.23. The summed E-state index contributed by atoms with van der Waals surface area (Å²) in [5.41, 5.74) is 0.860. The molecule has 0 fully saturated rings. The van der Waals surface area contributed by atoms with E-state index in [1.807, 2.05) is 0 Å². The largest absolute Gasteiger partial charge is 0.573 e. The highest BCUT2D eigenvalue weighted by Crippen LogP contribution is 2.32. The van der Waals surface area contributed by atoms with Crippen LogP contribution in [0.4, 0.5) is 13.2 Å². The molecule has 98 valence electrons. The fourth-order valence-electron chi connectivity index (χ4n) is 1.82. The van der Waals surface area contributed by atoms with Crippen LogP contribution in [-0.2, 0) is 16.0 Å². The Morgan fingerprint density at radius 2 is 2.17 bits per heavy atom. The van der Waals surface area contributed by atoms with Crippen LogP contribution >= 0.6 is 0 Å². The molecule has 2 rings (SSSR count). The summed E-state index contributed by atoms with van der Waals surface area (Å²) < 4.78 is 44.9.